The number of aromatic hydroxyl groups is 1. The lowest BCUT2D eigenvalue weighted by Gasteiger charge is -2.22. The zero-order chi connectivity index (χ0) is 13.1. The van der Waals surface area contributed by atoms with Gasteiger partial charge in [-0.1, -0.05) is 37.5 Å². The number of benzene rings is 1. The number of phenols is 1. The molecule has 3 heteroatoms. The van der Waals surface area contributed by atoms with E-state index in [1.165, 1.54) is 37.9 Å². The van der Waals surface area contributed by atoms with Gasteiger partial charge in [-0.15, -0.1) is 0 Å². The second-order valence-electron chi connectivity index (χ2n) is 5.38. The SMILES string of the molecule is Oc1ccccc1Cn1ccnc1C1CCCCC1. The van der Waals surface area contributed by atoms with Gasteiger partial charge in [-0.2, -0.15) is 0 Å². The van der Waals surface area contributed by atoms with E-state index < -0.39 is 0 Å². The van der Waals surface area contributed by atoms with Crippen molar-refractivity contribution < 1.29 is 5.11 Å². The maximum atomic E-state index is 9.88. The molecule has 3 rings (SSSR count). The Labute approximate surface area is 113 Å². The molecule has 3 nitrogen and oxygen atoms in total. The zero-order valence-corrected chi connectivity index (χ0v) is 11.1. The molecule has 1 fully saturated rings. The fraction of sp³-hybridized carbons (Fsp3) is 0.438. The molecule has 1 heterocycles. The van der Waals surface area contributed by atoms with E-state index in [0.29, 0.717) is 18.2 Å². The van der Waals surface area contributed by atoms with Crippen molar-refractivity contribution in [2.75, 3.05) is 0 Å². The largest absolute Gasteiger partial charge is 0.508 e. The van der Waals surface area contributed by atoms with Crippen molar-refractivity contribution in [2.45, 2.75) is 44.6 Å². The van der Waals surface area contributed by atoms with Crippen LogP contribution in [0.3, 0.4) is 0 Å². The number of nitrogens with zero attached hydrogens (tertiary/aromatic N) is 2. The van der Waals surface area contributed by atoms with Crippen LogP contribution in [0, 0.1) is 0 Å². The predicted octanol–water partition coefficient (Wildman–Crippen LogP) is 3.68. The molecule has 1 N–H and O–H groups in total. The van der Waals surface area contributed by atoms with Crippen LogP contribution in [-0.4, -0.2) is 14.7 Å². The van der Waals surface area contributed by atoms with E-state index in [0.717, 1.165) is 5.56 Å². The molecule has 0 spiro atoms. The Balaban J connectivity index is 1.82. The smallest absolute Gasteiger partial charge is 0.120 e. The van der Waals surface area contributed by atoms with Crippen LogP contribution in [-0.2, 0) is 6.54 Å². The minimum absolute atomic E-state index is 0.366. The van der Waals surface area contributed by atoms with E-state index in [1.54, 1.807) is 6.07 Å². The molecular weight excluding hydrogens is 236 g/mol. The first kappa shape index (κ1) is 12.3. The number of imidazole rings is 1. The van der Waals surface area contributed by atoms with Crippen molar-refractivity contribution in [3.8, 4) is 5.75 Å². The van der Waals surface area contributed by atoms with Crippen molar-refractivity contribution in [1.29, 1.82) is 0 Å². The maximum Gasteiger partial charge on any atom is 0.120 e. The van der Waals surface area contributed by atoms with Crippen molar-refractivity contribution >= 4 is 0 Å². The van der Waals surface area contributed by atoms with Crippen LogP contribution in [0.5, 0.6) is 5.75 Å². The highest BCUT2D eigenvalue weighted by Crippen LogP contribution is 2.32. The number of aromatic nitrogens is 2. The van der Waals surface area contributed by atoms with E-state index in [2.05, 4.69) is 9.55 Å². The second kappa shape index (κ2) is 5.47. The summed E-state index contributed by atoms with van der Waals surface area (Å²) in [6, 6.07) is 7.54. The predicted molar refractivity (Wildman–Crippen MR) is 75.3 cm³/mol. The number of para-hydroxylation sites is 1. The van der Waals surface area contributed by atoms with Crippen LogP contribution >= 0.6 is 0 Å². The standard InChI is InChI=1S/C16H20N2O/c19-15-9-5-4-8-14(15)12-18-11-10-17-16(18)13-6-2-1-3-7-13/h4-5,8-11,13,19H,1-3,6-7,12H2. The summed E-state index contributed by atoms with van der Waals surface area (Å²) in [4.78, 5) is 4.55. The highest BCUT2D eigenvalue weighted by Gasteiger charge is 2.20. The third kappa shape index (κ3) is 2.65. The van der Waals surface area contributed by atoms with Gasteiger partial charge in [0.2, 0.25) is 0 Å². The third-order valence-electron chi connectivity index (χ3n) is 4.05. The summed E-state index contributed by atoms with van der Waals surface area (Å²) in [5.41, 5.74) is 0.956. The first-order valence-electron chi connectivity index (χ1n) is 7.12. The van der Waals surface area contributed by atoms with Gasteiger partial charge in [0, 0.05) is 23.9 Å². The van der Waals surface area contributed by atoms with Gasteiger partial charge in [0.25, 0.3) is 0 Å². The minimum atomic E-state index is 0.366. The quantitative estimate of drug-likeness (QED) is 0.909. The fourth-order valence-corrected chi connectivity index (χ4v) is 3.00. The molecule has 1 saturated carbocycles. The normalized spacial score (nSPS) is 16.6. The summed E-state index contributed by atoms with van der Waals surface area (Å²) >= 11 is 0. The van der Waals surface area contributed by atoms with Crippen LogP contribution < -0.4 is 0 Å². The van der Waals surface area contributed by atoms with E-state index in [1.807, 2.05) is 30.6 Å². The third-order valence-corrected chi connectivity index (χ3v) is 4.05. The molecule has 0 saturated heterocycles. The first-order valence-corrected chi connectivity index (χ1v) is 7.12. The topological polar surface area (TPSA) is 38.0 Å². The summed E-state index contributed by atoms with van der Waals surface area (Å²) in [6.45, 7) is 0.707. The average molecular weight is 256 g/mol. The average Bonchev–Trinajstić information content (AvgIpc) is 2.91. The Kier molecular flexibility index (Phi) is 3.53. The van der Waals surface area contributed by atoms with Gasteiger partial charge in [-0.3, -0.25) is 0 Å². The summed E-state index contributed by atoms with van der Waals surface area (Å²) in [5.74, 6) is 2.14. The molecule has 2 aromatic rings. The number of rotatable bonds is 3. The molecule has 1 aromatic heterocycles. The van der Waals surface area contributed by atoms with Crippen molar-refractivity contribution in [1.82, 2.24) is 9.55 Å². The molecule has 100 valence electrons. The van der Waals surface area contributed by atoms with Crippen molar-refractivity contribution in [3.05, 3.63) is 48.0 Å². The molecule has 0 radical (unpaired) electrons. The van der Waals surface area contributed by atoms with Crippen molar-refractivity contribution in [2.24, 2.45) is 0 Å². The molecule has 0 amide bonds. The Morgan fingerprint density at radius 2 is 1.95 bits per heavy atom. The van der Waals surface area contributed by atoms with E-state index in [9.17, 15) is 5.11 Å². The number of hydrogen-bond donors (Lipinski definition) is 1. The van der Waals surface area contributed by atoms with Gasteiger partial charge in [0.05, 0.1) is 6.54 Å². The molecule has 19 heavy (non-hydrogen) atoms. The van der Waals surface area contributed by atoms with Gasteiger partial charge in [-0.05, 0) is 18.9 Å². The molecule has 1 aliphatic rings. The molecule has 0 bridgehead atoms. The van der Waals surface area contributed by atoms with Gasteiger partial charge in [0.1, 0.15) is 11.6 Å². The highest BCUT2D eigenvalue weighted by molar-refractivity contribution is 5.32. The number of phenolic OH excluding ortho intramolecular Hbond substituents is 1. The first-order chi connectivity index (χ1) is 9.34. The van der Waals surface area contributed by atoms with E-state index in [4.69, 9.17) is 0 Å². The van der Waals surface area contributed by atoms with Gasteiger partial charge < -0.3 is 9.67 Å². The zero-order valence-electron chi connectivity index (χ0n) is 11.1. The summed E-state index contributed by atoms with van der Waals surface area (Å²) in [7, 11) is 0. The molecule has 0 unspecified atom stereocenters. The summed E-state index contributed by atoms with van der Waals surface area (Å²) in [6.07, 6.45) is 10.4. The molecular formula is C16H20N2O. The van der Waals surface area contributed by atoms with Gasteiger partial charge in [0.15, 0.2) is 0 Å². The van der Waals surface area contributed by atoms with Crippen LogP contribution in [0.15, 0.2) is 36.7 Å². The minimum Gasteiger partial charge on any atom is -0.508 e. The fourth-order valence-electron chi connectivity index (χ4n) is 3.00. The molecule has 1 aromatic carbocycles. The monoisotopic (exact) mass is 256 g/mol. The number of hydrogen-bond acceptors (Lipinski definition) is 2. The Hall–Kier alpha value is -1.77. The van der Waals surface area contributed by atoms with Crippen molar-refractivity contribution in [3.63, 3.8) is 0 Å². The van der Waals surface area contributed by atoms with Crippen LogP contribution in [0.4, 0.5) is 0 Å². The summed E-state index contributed by atoms with van der Waals surface area (Å²) in [5, 5.41) is 9.88. The molecule has 0 aliphatic heterocycles. The summed E-state index contributed by atoms with van der Waals surface area (Å²) < 4.78 is 2.19. The second-order valence-corrected chi connectivity index (χ2v) is 5.38. The highest BCUT2D eigenvalue weighted by atomic mass is 16.3. The Morgan fingerprint density at radius 3 is 2.74 bits per heavy atom. The maximum absolute atomic E-state index is 9.88. The van der Waals surface area contributed by atoms with Crippen LogP contribution in [0.1, 0.15) is 49.4 Å². The lowest BCUT2D eigenvalue weighted by atomic mass is 9.88. The van der Waals surface area contributed by atoms with E-state index in [-0.39, 0.29) is 0 Å². The van der Waals surface area contributed by atoms with Gasteiger partial charge in [-0.25, -0.2) is 4.98 Å². The Morgan fingerprint density at radius 1 is 1.16 bits per heavy atom. The van der Waals surface area contributed by atoms with Crippen LogP contribution in [0.25, 0.3) is 0 Å². The lowest BCUT2D eigenvalue weighted by molar-refractivity contribution is 0.416. The molecule has 1 aliphatic carbocycles. The Bertz CT molecular complexity index is 541. The lowest BCUT2D eigenvalue weighted by Crippen LogP contribution is -2.12. The molecule has 0 atom stereocenters. The van der Waals surface area contributed by atoms with E-state index >= 15 is 0 Å². The van der Waals surface area contributed by atoms with Crippen LogP contribution in [0.2, 0.25) is 0 Å². The van der Waals surface area contributed by atoms with Gasteiger partial charge >= 0.3 is 0 Å².